The highest BCUT2D eigenvalue weighted by atomic mass is 32.2. The van der Waals surface area contributed by atoms with Gasteiger partial charge in [-0.3, -0.25) is 0 Å². The molecule has 4 nitrogen and oxygen atoms in total. The lowest BCUT2D eigenvalue weighted by Crippen LogP contribution is -2.47. The van der Waals surface area contributed by atoms with Crippen LogP contribution in [0.2, 0.25) is 0 Å². The van der Waals surface area contributed by atoms with Gasteiger partial charge in [0, 0.05) is 11.9 Å². The highest BCUT2D eigenvalue weighted by Gasteiger charge is 2.43. The highest BCUT2D eigenvalue weighted by molar-refractivity contribution is 7.99. The van der Waals surface area contributed by atoms with E-state index in [9.17, 15) is 34.8 Å². The van der Waals surface area contributed by atoms with Crippen LogP contribution in [0.1, 0.15) is 22.3 Å². The number of halogens is 6. The smallest absolute Gasteiger partial charge is 0.249 e. The summed E-state index contributed by atoms with van der Waals surface area (Å²) in [5.74, 6) is -0.801. The van der Waals surface area contributed by atoms with Crippen molar-refractivity contribution in [3.05, 3.63) is 52.7 Å². The molecule has 0 spiro atoms. The Kier molecular flexibility index (Phi) is 7.14. The van der Waals surface area contributed by atoms with Crippen LogP contribution in [0.15, 0.2) is 40.4 Å². The van der Waals surface area contributed by atoms with E-state index in [1.165, 1.54) is 13.8 Å². The molecule has 1 aromatic heterocycles. The highest BCUT2D eigenvalue weighted by Crippen LogP contribution is 2.31. The van der Waals surface area contributed by atoms with Crippen molar-refractivity contribution in [3.8, 4) is 0 Å². The van der Waals surface area contributed by atoms with Crippen LogP contribution in [-0.2, 0) is 16.2 Å². The van der Waals surface area contributed by atoms with Gasteiger partial charge in [-0.05, 0) is 44.0 Å². The predicted molar refractivity (Wildman–Crippen MR) is 101 cm³/mol. The Labute approximate surface area is 174 Å². The SMILES string of the molecule is Cc1cc(C)c(S(=O)(=O)NC(CSc2ccc(C(F)(F)F)cn2)C(F)(F)F)c(C)c1. The minimum Gasteiger partial charge on any atom is -0.249 e. The van der Waals surface area contributed by atoms with Crippen LogP contribution >= 0.6 is 11.8 Å². The number of thioether (sulfide) groups is 1. The third-order valence-corrected chi connectivity index (χ3v) is 6.84. The van der Waals surface area contributed by atoms with Crippen molar-refractivity contribution in [2.75, 3.05) is 5.75 Å². The molecule has 0 bridgehead atoms. The molecule has 1 unspecified atom stereocenters. The molecule has 0 aliphatic rings. The lowest BCUT2D eigenvalue weighted by molar-refractivity contribution is -0.145. The molecule has 1 heterocycles. The van der Waals surface area contributed by atoms with Crippen molar-refractivity contribution < 1.29 is 34.8 Å². The number of aryl methyl sites for hydroxylation is 3. The number of aromatic nitrogens is 1. The molecule has 12 heteroatoms. The second-order valence-corrected chi connectivity index (χ2v) is 9.33. The van der Waals surface area contributed by atoms with Gasteiger partial charge in [0.25, 0.3) is 0 Å². The summed E-state index contributed by atoms with van der Waals surface area (Å²) in [5, 5.41) is -0.0980. The third-order valence-electron chi connectivity index (χ3n) is 4.03. The van der Waals surface area contributed by atoms with E-state index in [0.717, 1.165) is 11.6 Å². The number of pyridine rings is 1. The minimum atomic E-state index is -4.92. The summed E-state index contributed by atoms with van der Waals surface area (Å²) in [5.41, 5.74) is 0.335. The molecule has 1 aromatic carbocycles. The normalized spacial score (nSPS) is 14.0. The van der Waals surface area contributed by atoms with Crippen molar-refractivity contribution in [1.82, 2.24) is 9.71 Å². The maximum Gasteiger partial charge on any atom is 0.417 e. The zero-order valence-corrected chi connectivity index (χ0v) is 17.7. The van der Waals surface area contributed by atoms with Crippen LogP contribution in [0.5, 0.6) is 0 Å². The fourth-order valence-electron chi connectivity index (χ4n) is 2.83. The molecule has 30 heavy (non-hydrogen) atoms. The average molecular weight is 472 g/mol. The van der Waals surface area contributed by atoms with Crippen LogP contribution in [-0.4, -0.2) is 31.4 Å². The largest absolute Gasteiger partial charge is 0.417 e. The summed E-state index contributed by atoms with van der Waals surface area (Å²) in [4.78, 5) is 3.25. The van der Waals surface area contributed by atoms with Crippen molar-refractivity contribution >= 4 is 21.8 Å². The van der Waals surface area contributed by atoms with Gasteiger partial charge in [-0.25, -0.2) is 13.4 Å². The first-order chi connectivity index (χ1) is 13.6. The zero-order chi connectivity index (χ0) is 22.9. The van der Waals surface area contributed by atoms with Crippen LogP contribution < -0.4 is 4.72 Å². The van der Waals surface area contributed by atoms with E-state index in [2.05, 4.69) is 4.98 Å². The maximum atomic E-state index is 13.4. The number of rotatable bonds is 6. The number of nitrogens with zero attached hydrogens (tertiary/aromatic N) is 1. The standard InChI is InChI=1S/C18H18F6N2O2S2/c1-10-6-11(2)16(12(3)7-10)30(27,28)26-14(18(22,23)24)9-29-15-5-4-13(8-25-15)17(19,20)21/h4-8,14,26H,9H2,1-3H3. The first-order valence-electron chi connectivity index (χ1n) is 8.44. The maximum absolute atomic E-state index is 13.4. The zero-order valence-electron chi connectivity index (χ0n) is 16.0. The molecule has 1 N–H and O–H groups in total. The Bertz CT molecular complexity index is 980. The minimum absolute atomic E-state index is 0.0980. The van der Waals surface area contributed by atoms with Crippen LogP contribution in [0.25, 0.3) is 0 Å². The van der Waals surface area contributed by atoms with Crippen molar-refractivity contribution in [3.63, 3.8) is 0 Å². The van der Waals surface area contributed by atoms with E-state index in [-0.39, 0.29) is 9.92 Å². The monoisotopic (exact) mass is 472 g/mol. The van der Waals surface area contributed by atoms with Gasteiger partial charge < -0.3 is 0 Å². The van der Waals surface area contributed by atoms with Gasteiger partial charge in [-0.15, -0.1) is 11.8 Å². The Morgan fingerprint density at radius 1 is 1.03 bits per heavy atom. The van der Waals surface area contributed by atoms with E-state index in [1.807, 2.05) is 0 Å². The Balaban J connectivity index is 2.23. The van der Waals surface area contributed by atoms with E-state index in [0.29, 0.717) is 35.2 Å². The summed E-state index contributed by atoms with van der Waals surface area (Å²) in [7, 11) is -4.50. The Morgan fingerprint density at radius 2 is 1.60 bits per heavy atom. The first-order valence-corrected chi connectivity index (χ1v) is 10.9. The van der Waals surface area contributed by atoms with E-state index < -0.39 is 39.7 Å². The van der Waals surface area contributed by atoms with Crippen LogP contribution in [0.4, 0.5) is 26.3 Å². The lowest BCUT2D eigenvalue weighted by Gasteiger charge is -2.22. The number of sulfonamides is 1. The number of hydrogen-bond acceptors (Lipinski definition) is 4. The van der Waals surface area contributed by atoms with Gasteiger partial charge in [0.05, 0.1) is 15.5 Å². The second kappa shape index (κ2) is 8.75. The van der Waals surface area contributed by atoms with E-state index >= 15 is 0 Å². The summed E-state index contributed by atoms with van der Waals surface area (Å²) >= 11 is 0.496. The molecular formula is C18H18F6N2O2S2. The number of alkyl halides is 6. The fraction of sp³-hybridized carbons (Fsp3) is 0.389. The van der Waals surface area contributed by atoms with Crippen LogP contribution in [0.3, 0.4) is 0 Å². The summed E-state index contributed by atoms with van der Waals surface area (Å²) in [6.07, 6.45) is -9.03. The van der Waals surface area contributed by atoms with Gasteiger partial charge in [-0.2, -0.15) is 31.1 Å². The molecule has 2 aromatic rings. The molecule has 0 fully saturated rings. The average Bonchev–Trinajstić information content (AvgIpc) is 2.56. The van der Waals surface area contributed by atoms with Gasteiger partial charge in [0.15, 0.2) is 0 Å². The number of benzene rings is 1. The quantitative estimate of drug-likeness (QED) is 0.474. The van der Waals surface area contributed by atoms with Gasteiger partial charge in [0.1, 0.15) is 6.04 Å². The van der Waals surface area contributed by atoms with Gasteiger partial charge >= 0.3 is 12.4 Å². The first kappa shape index (κ1) is 24.5. The van der Waals surface area contributed by atoms with Crippen molar-refractivity contribution in [1.29, 1.82) is 0 Å². The molecule has 0 saturated carbocycles. The molecule has 0 aliphatic carbocycles. The molecule has 2 rings (SSSR count). The van der Waals surface area contributed by atoms with Crippen molar-refractivity contribution in [2.45, 2.75) is 49.1 Å². The summed E-state index contributed by atoms with van der Waals surface area (Å²) in [6, 6.07) is 2.26. The Hall–Kier alpha value is -1.79. The Morgan fingerprint density at radius 3 is 2.03 bits per heavy atom. The van der Waals surface area contributed by atoms with Crippen molar-refractivity contribution in [2.24, 2.45) is 0 Å². The second-order valence-electron chi connectivity index (χ2n) is 6.64. The predicted octanol–water partition coefficient (Wildman–Crippen LogP) is 5.03. The summed E-state index contributed by atoms with van der Waals surface area (Å²) in [6.45, 7) is 4.70. The number of hydrogen-bond donors (Lipinski definition) is 1. The topological polar surface area (TPSA) is 59.1 Å². The fourth-order valence-corrected chi connectivity index (χ4v) is 5.52. The molecular weight excluding hydrogens is 454 g/mol. The molecule has 166 valence electrons. The molecule has 1 atom stereocenters. The van der Waals surface area contributed by atoms with E-state index in [1.54, 1.807) is 23.8 Å². The summed E-state index contributed by atoms with van der Waals surface area (Å²) < 4.78 is 105. The van der Waals surface area contributed by atoms with E-state index in [4.69, 9.17) is 0 Å². The molecule has 0 aliphatic heterocycles. The molecule has 0 radical (unpaired) electrons. The molecule has 0 amide bonds. The van der Waals surface area contributed by atoms with Crippen LogP contribution in [0, 0.1) is 20.8 Å². The molecule has 0 saturated heterocycles. The van der Waals surface area contributed by atoms with Gasteiger partial charge in [0.2, 0.25) is 10.0 Å². The van der Waals surface area contributed by atoms with Gasteiger partial charge in [-0.1, -0.05) is 17.7 Å². The lowest BCUT2D eigenvalue weighted by atomic mass is 10.1. The number of nitrogens with one attached hydrogen (secondary N) is 1. The third kappa shape index (κ3) is 6.11.